The number of H-pyrrole nitrogens is 1. The van der Waals surface area contributed by atoms with Crippen molar-refractivity contribution in [1.82, 2.24) is 20.1 Å². The molecule has 0 spiro atoms. The maximum Gasteiger partial charge on any atom is 0.268 e. The van der Waals surface area contributed by atoms with E-state index in [4.69, 9.17) is 11.6 Å². The highest BCUT2D eigenvalue weighted by Gasteiger charge is 2.28. The van der Waals surface area contributed by atoms with Crippen LogP contribution >= 0.6 is 11.6 Å². The van der Waals surface area contributed by atoms with E-state index in [0.29, 0.717) is 10.7 Å². The van der Waals surface area contributed by atoms with Crippen LogP contribution in [0.2, 0.25) is 5.02 Å². The number of fused-ring (bicyclic) bond motifs is 1. The summed E-state index contributed by atoms with van der Waals surface area (Å²) >= 11 is 6.00. The molecule has 0 bridgehead atoms. The van der Waals surface area contributed by atoms with E-state index in [-0.39, 0.29) is 5.91 Å². The van der Waals surface area contributed by atoms with Gasteiger partial charge in [0.2, 0.25) is 0 Å². The molecule has 23 heavy (non-hydrogen) atoms. The van der Waals surface area contributed by atoms with Gasteiger partial charge in [0.25, 0.3) is 5.91 Å². The number of hydrogen-bond donors (Lipinski definition) is 2. The van der Waals surface area contributed by atoms with Gasteiger partial charge >= 0.3 is 0 Å². The molecule has 0 aliphatic carbocycles. The largest absolute Gasteiger partial charge is 0.351 e. The molecule has 2 heterocycles. The number of aromatic amines is 1. The lowest BCUT2D eigenvalue weighted by Crippen LogP contribution is -2.43. The van der Waals surface area contributed by atoms with Crippen LogP contribution in [0.5, 0.6) is 0 Å². The van der Waals surface area contributed by atoms with Crippen LogP contribution in [0.25, 0.3) is 10.9 Å². The van der Waals surface area contributed by atoms with Crippen LogP contribution in [0.3, 0.4) is 0 Å². The Morgan fingerprint density at radius 3 is 2.87 bits per heavy atom. The van der Waals surface area contributed by atoms with Crippen molar-refractivity contribution in [3.05, 3.63) is 52.9 Å². The number of aromatic nitrogens is 3. The van der Waals surface area contributed by atoms with Gasteiger partial charge in [-0.3, -0.25) is 9.48 Å². The molecule has 1 amide bonds. The summed E-state index contributed by atoms with van der Waals surface area (Å²) in [5.74, 6) is -0.148. The maximum atomic E-state index is 12.7. The van der Waals surface area contributed by atoms with Gasteiger partial charge in [-0.05, 0) is 37.6 Å². The van der Waals surface area contributed by atoms with Crippen LogP contribution in [-0.4, -0.2) is 20.7 Å². The van der Waals surface area contributed by atoms with Gasteiger partial charge in [-0.1, -0.05) is 18.5 Å². The zero-order valence-electron chi connectivity index (χ0n) is 13.4. The Labute approximate surface area is 139 Å². The Kier molecular flexibility index (Phi) is 3.90. The smallest absolute Gasteiger partial charge is 0.268 e. The van der Waals surface area contributed by atoms with Gasteiger partial charge in [0.1, 0.15) is 5.69 Å². The van der Waals surface area contributed by atoms with E-state index in [0.717, 1.165) is 22.9 Å². The summed E-state index contributed by atoms with van der Waals surface area (Å²) in [6.45, 7) is 4.04. The van der Waals surface area contributed by atoms with Crippen LogP contribution in [0.15, 0.2) is 36.7 Å². The summed E-state index contributed by atoms with van der Waals surface area (Å²) in [6.07, 6.45) is 4.47. The van der Waals surface area contributed by atoms with Crippen molar-refractivity contribution < 1.29 is 4.79 Å². The summed E-state index contributed by atoms with van der Waals surface area (Å²) in [5.41, 5.74) is 1.92. The van der Waals surface area contributed by atoms with Gasteiger partial charge in [0.15, 0.2) is 0 Å². The number of nitrogens with one attached hydrogen (secondary N) is 2. The molecular formula is C17H19ClN4O. The first-order chi connectivity index (χ1) is 10.9. The average Bonchev–Trinajstić information content (AvgIpc) is 3.13. The van der Waals surface area contributed by atoms with Crippen LogP contribution in [0.4, 0.5) is 0 Å². The van der Waals surface area contributed by atoms with Crippen molar-refractivity contribution in [2.75, 3.05) is 0 Å². The molecule has 3 rings (SSSR count). The number of benzene rings is 1. The molecule has 3 aromatic rings. The zero-order valence-corrected chi connectivity index (χ0v) is 14.1. The second-order valence-electron chi connectivity index (χ2n) is 5.96. The lowest BCUT2D eigenvalue weighted by molar-refractivity contribution is 0.0897. The van der Waals surface area contributed by atoms with Crippen molar-refractivity contribution in [1.29, 1.82) is 0 Å². The predicted molar refractivity (Wildman–Crippen MR) is 91.6 cm³/mol. The first-order valence-corrected chi connectivity index (χ1v) is 7.89. The Bertz CT molecular complexity index is 866. The van der Waals surface area contributed by atoms with Crippen molar-refractivity contribution in [2.24, 2.45) is 7.05 Å². The Hall–Kier alpha value is -2.27. The molecule has 1 atom stereocenters. The van der Waals surface area contributed by atoms with Gasteiger partial charge in [0, 0.05) is 34.7 Å². The molecule has 120 valence electrons. The monoisotopic (exact) mass is 330 g/mol. The summed E-state index contributed by atoms with van der Waals surface area (Å²) in [6, 6.07) is 7.32. The minimum Gasteiger partial charge on any atom is -0.351 e. The Morgan fingerprint density at radius 1 is 1.43 bits per heavy atom. The third-order valence-electron chi connectivity index (χ3n) is 4.27. The molecule has 0 fully saturated rings. The summed E-state index contributed by atoms with van der Waals surface area (Å²) in [4.78, 5) is 15.8. The van der Waals surface area contributed by atoms with Crippen molar-refractivity contribution >= 4 is 28.4 Å². The first kappa shape index (κ1) is 15.6. The van der Waals surface area contributed by atoms with Crippen LogP contribution in [0.1, 0.15) is 36.3 Å². The normalized spacial score (nSPS) is 13.9. The zero-order chi connectivity index (χ0) is 16.6. The van der Waals surface area contributed by atoms with Gasteiger partial charge < -0.3 is 10.3 Å². The van der Waals surface area contributed by atoms with E-state index in [9.17, 15) is 4.79 Å². The molecule has 2 aromatic heterocycles. The summed E-state index contributed by atoms with van der Waals surface area (Å²) < 4.78 is 1.74. The summed E-state index contributed by atoms with van der Waals surface area (Å²) in [5, 5.41) is 8.88. The summed E-state index contributed by atoms with van der Waals surface area (Å²) in [7, 11) is 1.86. The molecule has 0 aliphatic rings. The van der Waals surface area contributed by atoms with E-state index in [1.165, 1.54) is 0 Å². The van der Waals surface area contributed by atoms with Gasteiger partial charge in [-0.15, -0.1) is 0 Å². The Balaban J connectivity index is 1.89. The fourth-order valence-electron chi connectivity index (χ4n) is 2.61. The van der Waals surface area contributed by atoms with E-state index in [1.54, 1.807) is 16.9 Å². The second-order valence-corrected chi connectivity index (χ2v) is 6.39. The SMILES string of the molecule is CC[C@](C)(NC(=O)c1cc2cc(Cl)ccc2[nH]1)c1cnn(C)c1. The molecule has 5 nitrogen and oxygen atoms in total. The number of nitrogens with zero attached hydrogens (tertiary/aromatic N) is 2. The molecule has 0 aliphatic heterocycles. The van der Waals surface area contributed by atoms with E-state index < -0.39 is 5.54 Å². The topological polar surface area (TPSA) is 62.7 Å². The van der Waals surface area contributed by atoms with E-state index in [1.807, 2.05) is 45.3 Å². The van der Waals surface area contributed by atoms with Crippen molar-refractivity contribution in [3.8, 4) is 0 Å². The van der Waals surface area contributed by atoms with Gasteiger partial charge in [-0.25, -0.2) is 0 Å². The van der Waals surface area contributed by atoms with Gasteiger partial charge in [0.05, 0.1) is 11.7 Å². The highest BCUT2D eigenvalue weighted by Crippen LogP contribution is 2.25. The molecule has 0 saturated carbocycles. The molecule has 1 aromatic carbocycles. The molecule has 0 radical (unpaired) electrons. The number of carbonyl (C=O) groups excluding carboxylic acids is 1. The van der Waals surface area contributed by atoms with Crippen LogP contribution in [-0.2, 0) is 12.6 Å². The van der Waals surface area contributed by atoms with Crippen molar-refractivity contribution in [3.63, 3.8) is 0 Å². The van der Waals surface area contributed by atoms with Crippen LogP contribution < -0.4 is 5.32 Å². The van der Waals surface area contributed by atoms with E-state index in [2.05, 4.69) is 15.4 Å². The number of hydrogen-bond acceptors (Lipinski definition) is 2. The molecule has 0 saturated heterocycles. The van der Waals surface area contributed by atoms with Crippen LogP contribution in [0, 0.1) is 0 Å². The standard InChI is InChI=1S/C17H19ClN4O/c1-4-17(2,12-9-19-22(3)10-12)21-16(23)15-8-11-7-13(18)5-6-14(11)20-15/h5-10,20H,4H2,1-3H3,(H,21,23)/t17-/m0/s1. The number of halogens is 1. The fourth-order valence-corrected chi connectivity index (χ4v) is 2.80. The Morgan fingerprint density at radius 2 is 2.22 bits per heavy atom. The number of rotatable bonds is 4. The minimum atomic E-state index is -0.472. The predicted octanol–water partition coefficient (Wildman–Crippen LogP) is 3.61. The van der Waals surface area contributed by atoms with Crippen molar-refractivity contribution in [2.45, 2.75) is 25.8 Å². The molecular weight excluding hydrogens is 312 g/mol. The minimum absolute atomic E-state index is 0.148. The second kappa shape index (κ2) is 5.74. The maximum absolute atomic E-state index is 12.7. The third kappa shape index (κ3) is 2.97. The number of carbonyl (C=O) groups is 1. The fraction of sp³-hybridized carbons (Fsp3) is 0.294. The molecule has 0 unspecified atom stereocenters. The van der Waals surface area contributed by atoms with Gasteiger partial charge in [-0.2, -0.15) is 5.10 Å². The highest BCUT2D eigenvalue weighted by molar-refractivity contribution is 6.31. The lowest BCUT2D eigenvalue weighted by Gasteiger charge is -2.28. The van der Waals surface area contributed by atoms with E-state index >= 15 is 0 Å². The molecule has 2 N–H and O–H groups in total. The lowest BCUT2D eigenvalue weighted by atomic mass is 9.91. The number of aryl methyl sites for hydroxylation is 1. The number of amides is 1. The first-order valence-electron chi connectivity index (χ1n) is 7.51. The highest BCUT2D eigenvalue weighted by atomic mass is 35.5. The third-order valence-corrected chi connectivity index (χ3v) is 4.50. The average molecular weight is 331 g/mol. The molecule has 6 heteroatoms. The quantitative estimate of drug-likeness (QED) is 0.767.